The van der Waals surface area contributed by atoms with Crippen molar-refractivity contribution in [2.24, 2.45) is 16.6 Å². The van der Waals surface area contributed by atoms with Crippen LogP contribution in [0, 0.1) is 5.92 Å². The van der Waals surface area contributed by atoms with Crippen molar-refractivity contribution in [1.29, 1.82) is 0 Å². The number of benzene rings is 2. The minimum Gasteiger partial charge on any atom is -0.369 e. The lowest BCUT2D eigenvalue weighted by Gasteiger charge is -2.32. The van der Waals surface area contributed by atoms with Gasteiger partial charge in [-0.05, 0) is 50.0 Å². The van der Waals surface area contributed by atoms with Gasteiger partial charge in [-0.2, -0.15) is 0 Å². The van der Waals surface area contributed by atoms with E-state index in [0.717, 1.165) is 37.1 Å². The number of amides is 1. The van der Waals surface area contributed by atoms with Crippen LogP contribution in [0.3, 0.4) is 0 Å². The second kappa shape index (κ2) is 7.16. The number of nitrogens with zero attached hydrogens (tertiary/aromatic N) is 3. The first-order chi connectivity index (χ1) is 13.1. The van der Waals surface area contributed by atoms with Crippen molar-refractivity contribution in [3.8, 4) is 0 Å². The van der Waals surface area contributed by atoms with E-state index in [-0.39, 0.29) is 5.91 Å². The average molecular weight is 362 g/mol. The number of hydrogen-bond acceptors (Lipinski definition) is 4. The SMILES string of the molecule is CN1CCC(CN2C(=O)C(c3ccccc3)(c3ccccc3)N=C2N)CC1. The Morgan fingerprint density at radius 1 is 1.00 bits per heavy atom. The molecule has 1 fully saturated rings. The van der Waals surface area contributed by atoms with Crippen LogP contribution in [0.1, 0.15) is 24.0 Å². The van der Waals surface area contributed by atoms with Crippen LogP contribution in [0.4, 0.5) is 0 Å². The molecule has 0 radical (unpaired) electrons. The molecule has 2 aliphatic heterocycles. The molecule has 2 aromatic rings. The fraction of sp³-hybridized carbons (Fsp3) is 0.364. The number of carbonyl (C=O) groups is 1. The molecule has 0 saturated carbocycles. The Labute approximate surface area is 160 Å². The minimum absolute atomic E-state index is 0.0451. The summed E-state index contributed by atoms with van der Waals surface area (Å²) in [5.74, 6) is 0.740. The van der Waals surface area contributed by atoms with Crippen molar-refractivity contribution in [3.05, 3.63) is 71.8 Å². The summed E-state index contributed by atoms with van der Waals surface area (Å²) in [6, 6.07) is 19.5. The van der Waals surface area contributed by atoms with Gasteiger partial charge in [-0.1, -0.05) is 60.7 Å². The monoisotopic (exact) mass is 362 g/mol. The highest BCUT2D eigenvalue weighted by Gasteiger charge is 2.50. The van der Waals surface area contributed by atoms with Gasteiger partial charge in [-0.3, -0.25) is 9.69 Å². The highest BCUT2D eigenvalue weighted by Crippen LogP contribution is 2.40. The van der Waals surface area contributed by atoms with E-state index in [1.54, 1.807) is 4.90 Å². The van der Waals surface area contributed by atoms with Gasteiger partial charge in [0.15, 0.2) is 11.5 Å². The van der Waals surface area contributed by atoms with E-state index < -0.39 is 5.54 Å². The number of aliphatic imine (C=N–C) groups is 1. The first-order valence-electron chi connectivity index (χ1n) is 9.58. The lowest BCUT2D eigenvalue weighted by molar-refractivity contribution is -0.130. The van der Waals surface area contributed by atoms with Gasteiger partial charge in [0.2, 0.25) is 0 Å². The summed E-state index contributed by atoms with van der Waals surface area (Å²) in [6.07, 6.45) is 2.16. The molecule has 27 heavy (non-hydrogen) atoms. The van der Waals surface area contributed by atoms with Gasteiger partial charge in [-0.25, -0.2) is 4.99 Å². The summed E-state index contributed by atoms with van der Waals surface area (Å²) in [5.41, 5.74) is 6.94. The zero-order valence-electron chi connectivity index (χ0n) is 15.7. The molecule has 5 heteroatoms. The molecule has 1 saturated heterocycles. The van der Waals surface area contributed by atoms with Crippen molar-refractivity contribution in [2.45, 2.75) is 18.4 Å². The maximum Gasteiger partial charge on any atom is 0.266 e. The predicted octanol–water partition coefficient (Wildman–Crippen LogP) is 2.43. The highest BCUT2D eigenvalue weighted by molar-refractivity contribution is 6.09. The van der Waals surface area contributed by atoms with Crippen LogP contribution in [-0.4, -0.2) is 48.3 Å². The number of hydrogen-bond donors (Lipinski definition) is 1. The van der Waals surface area contributed by atoms with E-state index in [4.69, 9.17) is 10.7 Å². The molecule has 2 N–H and O–H groups in total. The van der Waals surface area contributed by atoms with Crippen molar-refractivity contribution in [3.63, 3.8) is 0 Å². The van der Waals surface area contributed by atoms with E-state index in [2.05, 4.69) is 11.9 Å². The lowest BCUT2D eigenvalue weighted by atomic mass is 9.82. The smallest absolute Gasteiger partial charge is 0.266 e. The first kappa shape index (κ1) is 17.7. The zero-order valence-corrected chi connectivity index (χ0v) is 15.7. The zero-order chi connectivity index (χ0) is 18.9. The number of piperidine rings is 1. The largest absolute Gasteiger partial charge is 0.369 e. The Kier molecular flexibility index (Phi) is 4.70. The predicted molar refractivity (Wildman–Crippen MR) is 107 cm³/mol. The molecular formula is C22H26N4O. The second-order valence-corrected chi connectivity index (χ2v) is 7.57. The molecule has 0 bridgehead atoms. The van der Waals surface area contributed by atoms with E-state index in [9.17, 15) is 4.79 Å². The maximum atomic E-state index is 13.7. The van der Waals surface area contributed by atoms with Gasteiger partial charge in [0, 0.05) is 6.54 Å². The number of rotatable bonds is 4. The van der Waals surface area contributed by atoms with Gasteiger partial charge in [-0.15, -0.1) is 0 Å². The topological polar surface area (TPSA) is 61.9 Å². The third kappa shape index (κ3) is 3.12. The van der Waals surface area contributed by atoms with E-state index >= 15 is 0 Å². The van der Waals surface area contributed by atoms with Crippen LogP contribution in [0.25, 0.3) is 0 Å². The van der Waals surface area contributed by atoms with E-state index in [1.165, 1.54) is 0 Å². The molecule has 0 unspecified atom stereocenters. The summed E-state index contributed by atoms with van der Waals surface area (Å²) in [7, 11) is 2.14. The van der Waals surface area contributed by atoms with Crippen LogP contribution < -0.4 is 5.73 Å². The highest BCUT2D eigenvalue weighted by atomic mass is 16.2. The molecular weight excluding hydrogens is 336 g/mol. The average Bonchev–Trinajstić information content (AvgIpc) is 2.96. The van der Waals surface area contributed by atoms with Gasteiger partial charge < -0.3 is 10.6 Å². The van der Waals surface area contributed by atoms with Gasteiger partial charge in [0.25, 0.3) is 5.91 Å². The molecule has 0 aromatic heterocycles. The van der Waals surface area contributed by atoms with Crippen molar-refractivity contribution < 1.29 is 4.79 Å². The molecule has 2 aliphatic rings. The third-order valence-electron chi connectivity index (χ3n) is 5.78. The number of likely N-dealkylation sites (tertiary alicyclic amines) is 1. The Bertz CT molecular complexity index is 786. The summed E-state index contributed by atoms with van der Waals surface area (Å²) in [5, 5.41) is 0. The number of carbonyl (C=O) groups excluding carboxylic acids is 1. The van der Waals surface area contributed by atoms with Crippen LogP contribution in [-0.2, 0) is 10.3 Å². The van der Waals surface area contributed by atoms with Gasteiger partial charge >= 0.3 is 0 Å². The molecule has 140 valence electrons. The molecule has 2 heterocycles. The van der Waals surface area contributed by atoms with Crippen molar-refractivity contribution >= 4 is 11.9 Å². The Hall–Kier alpha value is -2.66. The fourth-order valence-electron chi connectivity index (χ4n) is 4.16. The van der Waals surface area contributed by atoms with Crippen molar-refractivity contribution in [2.75, 3.05) is 26.7 Å². The Morgan fingerprint density at radius 3 is 2.04 bits per heavy atom. The first-order valence-corrected chi connectivity index (χ1v) is 9.58. The summed E-state index contributed by atoms with van der Waals surface area (Å²) >= 11 is 0. The lowest BCUT2D eigenvalue weighted by Crippen LogP contribution is -2.47. The number of guanidine groups is 1. The summed E-state index contributed by atoms with van der Waals surface area (Å²) in [6.45, 7) is 2.77. The molecule has 0 atom stereocenters. The molecule has 5 nitrogen and oxygen atoms in total. The maximum absolute atomic E-state index is 13.7. The molecule has 1 amide bonds. The van der Waals surface area contributed by atoms with E-state index in [0.29, 0.717) is 18.4 Å². The fourth-order valence-corrected chi connectivity index (χ4v) is 4.16. The van der Waals surface area contributed by atoms with Crippen molar-refractivity contribution in [1.82, 2.24) is 9.80 Å². The summed E-state index contributed by atoms with van der Waals surface area (Å²) in [4.78, 5) is 22.5. The van der Waals surface area contributed by atoms with Gasteiger partial charge in [0.1, 0.15) is 0 Å². The van der Waals surface area contributed by atoms with Crippen LogP contribution in [0.5, 0.6) is 0 Å². The minimum atomic E-state index is -1.09. The Morgan fingerprint density at radius 2 is 1.52 bits per heavy atom. The van der Waals surface area contributed by atoms with Gasteiger partial charge in [0.05, 0.1) is 0 Å². The second-order valence-electron chi connectivity index (χ2n) is 7.57. The summed E-state index contributed by atoms with van der Waals surface area (Å²) < 4.78 is 0. The van der Waals surface area contributed by atoms with E-state index in [1.807, 2.05) is 60.7 Å². The molecule has 0 aliphatic carbocycles. The molecule has 2 aromatic carbocycles. The molecule has 4 rings (SSSR count). The quantitative estimate of drug-likeness (QED) is 0.909. The molecule has 0 spiro atoms. The normalized spacial score (nSPS) is 20.7. The van der Waals surface area contributed by atoms with Crippen LogP contribution in [0.2, 0.25) is 0 Å². The standard InChI is InChI=1S/C22H26N4O/c1-25-14-12-17(13-15-25)16-26-20(27)22(24-21(26)23,18-8-4-2-5-9-18)19-10-6-3-7-11-19/h2-11,17H,12-16H2,1H3,(H2,23,24). The Balaban J connectivity index is 1.70. The van der Waals surface area contributed by atoms with Crippen LogP contribution in [0.15, 0.2) is 65.7 Å². The number of nitrogens with two attached hydrogens (primary N) is 1. The third-order valence-corrected chi connectivity index (χ3v) is 5.78. The van der Waals surface area contributed by atoms with Crippen LogP contribution >= 0.6 is 0 Å².